The quantitative estimate of drug-likeness (QED) is 0.459. The topological polar surface area (TPSA) is 95.7 Å². The number of benzene rings is 2. The summed E-state index contributed by atoms with van der Waals surface area (Å²) < 4.78 is 10.0. The van der Waals surface area contributed by atoms with E-state index in [1.807, 2.05) is 0 Å². The average Bonchev–Trinajstić information content (AvgIpc) is 2.60. The van der Waals surface area contributed by atoms with Crippen LogP contribution in [0.2, 0.25) is 0 Å². The smallest absolute Gasteiger partial charge is 0.338 e. The number of esters is 2. The molecule has 0 unspecified atom stereocenters. The Labute approximate surface area is 138 Å². The number of nitrogens with zero attached hydrogens (tertiary/aromatic N) is 1. The molecule has 7 nitrogen and oxygen atoms in total. The highest BCUT2D eigenvalue weighted by Gasteiger charge is 2.11. The number of carbonyl (C=O) groups excluding carboxylic acids is 2. The molecule has 0 spiro atoms. The van der Waals surface area contributed by atoms with Gasteiger partial charge in [-0.1, -0.05) is 12.1 Å². The molecule has 2 rings (SSSR count). The molecule has 0 atom stereocenters. The summed E-state index contributed by atoms with van der Waals surface area (Å²) in [6, 6.07) is 11.7. The molecule has 0 aliphatic carbocycles. The number of carbonyl (C=O) groups is 2. The molecule has 0 aliphatic rings. The lowest BCUT2D eigenvalue weighted by atomic mass is 10.1. The van der Waals surface area contributed by atoms with Crippen LogP contribution >= 0.6 is 0 Å². The Kier molecular flexibility index (Phi) is 5.62. The van der Waals surface area contributed by atoms with Crippen molar-refractivity contribution in [2.75, 3.05) is 6.61 Å². The number of nitro benzene ring substituents is 1. The zero-order valence-electron chi connectivity index (χ0n) is 12.9. The van der Waals surface area contributed by atoms with Gasteiger partial charge in [0.15, 0.2) is 0 Å². The van der Waals surface area contributed by atoms with Crippen molar-refractivity contribution in [3.8, 4) is 0 Å². The largest absolute Gasteiger partial charge is 0.462 e. The monoisotopic (exact) mass is 329 g/mol. The summed E-state index contributed by atoms with van der Waals surface area (Å²) in [4.78, 5) is 33.4. The standard InChI is InChI=1S/C17H15NO6/c1-2-23-16(19)13-5-3-12(4-6-13)11-24-17(20)14-7-9-15(10-8-14)18(21)22/h3-10H,2,11H2,1H3. The van der Waals surface area contributed by atoms with Crippen molar-refractivity contribution >= 4 is 17.6 Å². The van der Waals surface area contributed by atoms with Crippen LogP contribution in [-0.2, 0) is 16.1 Å². The van der Waals surface area contributed by atoms with Gasteiger partial charge in [-0.05, 0) is 36.8 Å². The first-order chi connectivity index (χ1) is 11.5. The highest BCUT2D eigenvalue weighted by Crippen LogP contribution is 2.14. The molecular weight excluding hydrogens is 314 g/mol. The van der Waals surface area contributed by atoms with Crippen molar-refractivity contribution in [1.29, 1.82) is 0 Å². The van der Waals surface area contributed by atoms with E-state index in [1.165, 1.54) is 24.3 Å². The lowest BCUT2D eigenvalue weighted by Crippen LogP contribution is -2.06. The van der Waals surface area contributed by atoms with Crippen LogP contribution < -0.4 is 0 Å². The van der Waals surface area contributed by atoms with Gasteiger partial charge in [0.2, 0.25) is 0 Å². The third kappa shape index (κ3) is 4.39. The molecule has 0 radical (unpaired) electrons. The van der Waals surface area contributed by atoms with Crippen LogP contribution in [-0.4, -0.2) is 23.5 Å². The van der Waals surface area contributed by atoms with Gasteiger partial charge in [-0.25, -0.2) is 9.59 Å². The van der Waals surface area contributed by atoms with Crippen LogP contribution in [0, 0.1) is 10.1 Å². The first kappa shape index (κ1) is 17.1. The van der Waals surface area contributed by atoms with E-state index in [-0.39, 0.29) is 17.9 Å². The SMILES string of the molecule is CCOC(=O)c1ccc(COC(=O)c2ccc([N+](=O)[O-])cc2)cc1. The van der Waals surface area contributed by atoms with Gasteiger partial charge in [0.1, 0.15) is 6.61 Å². The molecule has 0 N–H and O–H groups in total. The Bertz CT molecular complexity index is 737. The Morgan fingerprint density at radius 2 is 1.42 bits per heavy atom. The molecule has 124 valence electrons. The highest BCUT2D eigenvalue weighted by atomic mass is 16.6. The van der Waals surface area contributed by atoms with E-state index < -0.39 is 16.9 Å². The molecule has 2 aromatic rings. The third-order valence-corrected chi connectivity index (χ3v) is 3.15. The van der Waals surface area contributed by atoms with Crippen molar-refractivity contribution in [3.63, 3.8) is 0 Å². The van der Waals surface area contributed by atoms with Crippen LogP contribution in [0.15, 0.2) is 48.5 Å². The summed E-state index contributed by atoms with van der Waals surface area (Å²) in [6.07, 6.45) is 0. The predicted molar refractivity (Wildman–Crippen MR) is 84.6 cm³/mol. The number of ether oxygens (including phenoxy) is 2. The van der Waals surface area contributed by atoms with Gasteiger partial charge < -0.3 is 9.47 Å². The summed E-state index contributed by atoms with van der Waals surface area (Å²) in [5.74, 6) is -0.994. The Morgan fingerprint density at radius 3 is 1.92 bits per heavy atom. The molecule has 0 amide bonds. The van der Waals surface area contributed by atoms with Gasteiger partial charge in [-0.3, -0.25) is 10.1 Å². The van der Waals surface area contributed by atoms with Gasteiger partial charge >= 0.3 is 11.9 Å². The molecule has 2 aromatic carbocycles. The highest BCUT2D eigenvalue weighted by molar-refractivity contribution is 5.90. The second kappa shape index (κ2) is 7.87. The number of rotatable bonds is 6. The van der Waals surface area contributed by atoms with Gasteiger partial charge in [0, 0.05) is 12.1 Å². The molecule has 24 heavy (non-hydrogen) atoms. The summed E-state index contributed by atoms with van der Waals surface area (Å²) in [5, 5.41) is 10.6. The molecule has 0 aliphatic heterocycles. The Morgan fingerprint density at radius 1 is 0.917 bits per heavy atom. The van der Waals surface area contributed by atoms with Gasteiger partial charge in [-0.15, -0.1) is 0 Å². The van der Waals surface area contributed by atoms with Crippen molar-refractivity contribution < 1.29 is 24.0 Å². The van der Waals surface area contributed by atoms with E-state index in [0.29, 0.717) is 17.7 Å². The fourth-order valence-corrected chi connectivity index (χ4v) is 1.90. The van der Waals surface area contributed by atoms with E-state index in [0.717, 1.165) is 0 Å². The maximum Gasteiger partial charge on any atom is 0.338 e. The van der Waals surface area contributed by atoms with Gasteiger partial charge in [0.05, 0.1) is 22.7 Å². The number of hydrogen-bond acceptors (Lipinski definition) is 6. The van der Waals surface area contributed by atoms with Crippen molar-refractivity contribution in [3.05, 3.63) is 75.3 Å². The molecule has 0 bridgehead atoms. The first-order valence-corrected chi connectivity index (χ1v) is 7.19. The lowest BCUT2D eigenvalue weighted by molar-refractivity contribution is -0.384. The minimum Gasteiger partial charge on any atom is -0.462 e. The fourth-order valence-electron chi connectivity index (χ4n) is 1.90. The van der Waals surface area contributed by atoms with E-state index in [2.05, 4.69) is 0 Å². The molecule has 0 saturated heterocycles. The fraction of sp³-hybridized carbons (Fsp3) is 0.176. The summed E-state index contributed by atoms with van der Waals surface area (Å²) >= 11 is 0. The number of non-ortho nitro benzene ring substituents is 1. The number of nitro groups is 1. The Balaban J connectivity index is 1.93. The van der Waals surface area contributed by atoms with Crippen LogP contribution in [0.25, 0.3) is 0 Å². The van der Waals surface area contributed by atoms with Gasteiger partial charge in [-0.2, -0.15) is 0 Å². The van der Waals surface area contributed by atoms with E-state index in [1.54, 1.807) is 31.2 Å². The van der Waals surface area contributed by atoms with Crippen LogP contribution in [0.4, 0.5) is 5.69 Å². The minimum atomic E-state index is -0.584. The minimum absolute atomic E-state index is 0.0267. The maximum atomic E-state index is 11.9. The van der Waals surface area contributed by atoms with Crippen LogP contribution in [0.3, 0.4) is 0 Å². The predicted octanol–water partition coefficient (Wildman–Crippen LogP) is 3.13. The lowest BCUT2D eigenvalue weighted by Gasteiger charge is -2.06. The zero-order valence-corrected chi connectivity index (χ0v) is 12.9. The van der Waals surface area contributed by atoms with E-state index in [4.69, 9.17) is 9.47 Å². The molecule has 7 heteroatoms. The normalized spacial score (nSPS) is 10.0. The van der Waals surface area contributed by atoms with Gasteiger partial charge in [0.25, 0.3) is 5.69 Å². The van der Waals surface area contributed by atoms with E-state index >= 15 is 0 Å². The molecule has 0 heterocycles. The summed E-state index contributed by atoms with van der Waals surface area (Å²) in [5.41, 5.74) is 1.26. The van der Waals surface area contributed by atoms with Crippen molar-refractivity contribution in [2.24, 2.45) is 0 Å². The zero-order chi connectivity index (χ0) is 17.5. The molecule has 0 fully saturated rings. The van der Waals surface area contributed by atoms with Crippen LogP contribution in [0.1, 0.15) is 33.2 Å². The first-order valence-electron chi connectivity index (χ1n) is 7.19. The summed E-state index contributed by atoms with van der Waals surface area (Å²) in [7, 11) is 0. The van der Waals surface area contributed by atoms with Crippen LogP contribution in [0.5, 0.6) is 0 Å². The third-order valence-electron chi connectivity index (χ3n) is 3.15. The number of hydrogen-bond donors (Lipinski definition) is 0. The van der Waals surface area contributed by atoms with Crippen molar-refractivity contribution in [1.82, 2.24) is 0 Å². The van der Waals surface area contributed by atoms with E-state index in [9.17, 15) is 19.7 Å². The average molecular weight is 329 g/mol. The molecular formula is C17H15NO6. The second-order valence-corrected chi connectivity index (χ2v) is 4.80. The second-order valence-electron chi connectivity index (χ2n) is 4.80. The molecule has 0 saturated carbocycles. The Hall–Kier alpha value is -3.22. The maximum absolute atomic E-state index is 11.9. The molecule has 0 aromatic heterocycles. The van der Waals surface area contributed by atoms with Crippen molar-refractivity contribution in [2.45, 2.75) is 13.5 Å². The summed E-state index contributed by atoms with van der Waals surface area (Å²) in [6.45, 7) is 2.05.